The minimum absolute atomic E-state index is 0.0311. The van der Waals surface area contributed by atoms with Crippen molar-refractivity contribution in [2.75, 3.05) is 28.4 Å². The molecular weight excluding hydrogens is 380 g/mol. The standard InChI is InChI=1S/C21H20O8/c1-10-8-11(9-14(26-3)18(10)27-4)16(22)15-12-6-7-13(25-2)17(23)19(12)29-20(15)21(24)28-5/h6-9,23H,1-5H3. The quantitative estimate of drug-likeness (QED) is 0.495. The molecule has 0 fully saturated rings. The third-order valence-electron chi connectivity index (χ3n) is 4.54. The summed E-state index contributed by atoms with van der Waals surface area (Å²) in [6, 6.07) is 6.14. The molecule has 8 heteroatoms. The van der Waals surface area contributed by atoms with Gasteiger partial charge in [0.25, 0.3) is 0 Å². The van der Waals surface area contributed by atoms with Crippen molar-refractivity contribution in [2.45, 2.75) is 6.92 Å². The number of furan rings is 1. The number of carbonyl (C=O) groups excluding carboxylic acids is 2. The topological polar surface area (TPSA) is 104 Å². The molecule has 0 unspecified atom stereocenters. The van der Waals surface area contributed by atoms with E-state index in [0.29, 0.717) is 17.1 Å². The average molecular weight is 400 g/mol. The predicted octanol–water partition coefficient (Wildman–Crippen LogP) is 3.49. The molecule has 29 heavy (non-hydrogen) atoms. The van der Waals surface area contributed by atoms with Crippen molar-refractivity contribution in [2.24, 2.45) is 0 Å². The highest BCUT2D eigenvalue weighted by molar-refractivity contribution is 6.21. The van der Waals surface area contributed by atoms with Crippen molar-refractivity contribution in [3.05, 3.63) is 46.7 Å². The lowest BCUT2D eigenvalue weighted by Gasteiger charge is -2.12. The molecule has 0 spiro atoms. The molecule has 0 saturated carbocycles. The Labute approximate surface area is 166 Å². The first-order valence-electron chi connectivity index (χ1n) is 8.55. The molecule has 0 saturated heterocycles. The molecule has 0 radical (unpaired) electrons. The van der Waals surface area contributed by atoms with Crippen molar-refractivity contribution < 1.29 is 38.1 Å². The Hall–Kier alpha value is -3.68. The number of aryl methyl sites for hydroxylation is 1. The van der Waals surface area contributed by atoms with E-state index in [1.807, 2.05) is 0 Å². The van der Waals surface area contributed by atoms with E-state index in [-0.39, 0.29) is 39.4 Å². The van der Waals surface area contributed by atoms with E-state index >= 15 is 0 Å². The zero-order valence-electron chi connectivity index (χ0n) is 16.6. The largest absolute Gasteiger partial charge is 0.502 e. The van der Waals surface area contributed by atoms with Gasteiger partial charge >= 0.3 is 5.97 Å². The molecule has 0 aliphatic rings. The summed E-state index contributed by atoms with van der Waals surface area (Å²) in [4.78, 5) is 25.6. The lowest BCUT2D eigenvalue weighted by Crippen LogP contribution is -2.10. The highest BCUT2D eigenvalue weighted by Crippen LogP contribution is 2.40. The second-order valence-electron chi connectivity index (χ2n) is 6.15. The summed E-state index contributed by atoms with van der Waals surface area (Å²) >= 11 is 0. The van der Waals surface area contributed by atoms with Crippen molar-refractivity contribution in [3.8, 4) is 23.0 Å². The van der Waals surface area contributed by atoms with Gasteiger partial charge in [-0.1, -0.05) is 0 Å². The summed E-state index contributed by atoms with van der Waals surface area (Å²) in [7, 11) is 5.51. The molecule has 0 aliphatic heterocycles. The number of phenolic OH excluding ortho intramolecular Hbond substituents is 1. The van der Waals surface area contributed by atoms with E-state index in [4.69, 9.17) is 23.4 Å². The molecule has 0 atom stereocenters. The molecule has 0 bridgehead atoms. The van der Waals surface area contributed by atoms with Crippen molar-refractivity contribution in [1.29, 1.82) is 0 Å². The van der Waals surface area contributed by atoms with Gasteiger partial charge in [0.2, 0.25) is 11.5 Å². The van der Waals surface area contributed by atoms with Gasteiger partial charge in [-0.25, -0.2) is 4.79 Å². The Kier molecular flexibility index (Phi) is 5.36. The Bertz CT molecular complexity index is 1110. The lowest BCUT2D eigenvalue weighted by molar-refractivity contribution is 0.0564. The first kappa shape index (κ1) is 20.1. The van der Waals surface area contributed by atoms with Gasteiger partial charge in [0, 0.05) is 10.9 Å². The second-order valence-corrected chi connectivity index (χ2v) is 6.15. The van der Waals surface area contributed by atoms with E-state index in [9.17, 15) is 14.7 Å². The monoisotopic (exact) mass is 400 g/mol. The lowest BCUT2D eigenvalue weighted by atomic mass is 9.97. The molecule has 152 valence electrons. The number of esters is 1. The van der Waals surface area contributed by atoms with Crippen LogP contribution in [0, 0.1) is 6.92 Å². The fourth-order valence-corrected chi connectivity index (χ4v) is 3.19. The van der Waals surface area contributed by atoms with Gasteiger partial charge < -0.3 is 28.5 Å². The minimum Gasteiger partial charge on any atom is -0.502 e. The van der Waals surface area contributed by atoms with Crippen LogP contribution in [0.15, 0.2) is 28.7 Å². The Balaban J connectivity index is 2.28. The number of benzene rings is 2. The van der Waals surface area contributed by atoms with Crippen molar-refractivity contribution in [3.63, 3.8) is 0 Å². The van der Waals surface area contributed by atoms with E-state index < -0.39 is 11.8 Å². The van der Waals surface area contributed by atoms with Crippen LogP contribution in [-0.4, -0.2) is 45.3 Å². The maximum Gasteiger partial charge on any atom is 0.374 e. The van der Waals surface area contributed by atoms with E-state index in [2.05, 4.69) is 0 Å². The maximum atomic E-state index is 13.4. The maximum absolute atomic E-state index is 13.4. The zero-order valence-corrected chi connectivity index (χ0v) is 16.6. The number of methoxy groups -OCH3 is 4. The van der Waals surface area contributed by atoms with Crippen LogP contribution in [0.3, 0.4) is 0 Å². The Morgan fingerprint density at radius 3 is 2.24 bits per heavy atom. The molecular formula is C21H20O8. The molecule has 1 heterocycles. The van der Waals surface area contributed by atoms with Crippen LogP contribution < -0.4 is 14.2 Å². The zero-order chi connectivity index (χ0) is 21.3. The van der Waals surface area contributed by atoms with Gasteiger partial charge in [-0.15, -0.1) is 0 Å². The summed E-state index contributed by atoms with van der Waals surface area (Å²) in [5, 5.41) is 10.6. The molecule has 3 aromatic rings. The molecule has 0 amide bonds. The highest BCUT2D eigenvalue weighted by atomic mass is 16.5. The smallest absolute Gasteiger partial charge is 0.374 e. The van der Waals surface area contributed by atoms with Crippen LogP contribution in [0.5, 0.6) is 23.0 Å². The van der Waals surface area contributed by atoms with E-state index in [1.165, 1.54) is 46.6 Å². The van der Waals surface area contributed by atoms with Crippen LogP contribution in [0.4, 0.5) is 0 Å². The van der Waals surface area contributed by atoms with Crippen LogP contribution in [0.1, 0.15) is 32.0 Å². The summed E-state index contributed by atoms with van der Waals surface area (Å²) in [6.45, 7) is 1.77. The molecule has 0 aliphatic carbocycles. The van der Waals surface area contributed by atoms with Gasteiger partial charge in [-0.2, -0.15) is 0 Å². The first-order chi connectivity index (χ1) is 13.9. The normalized spacial score (nSPS) is 10.7. The van der Waals surface area contributed by atoms with Gasteiger partial charge in [-0.3, -0.25) is 4.79 Å². The number of aromatic hydroxyl groups is 1. The predicted molar refractivity (Wildman–Crippen MR) is 103 cm³/mol. The summed E-state index contributed by atoms with van der Waals surface area (Å²) in [5.74, 6) is -0.979. The molecule has 8 nitrogen and oxygen atoms in total. The number of ketones is 1. The highest BCUT2D eigenvalue weighted by Gasteiger charge is 2.30. The minimum atomic E-state index is -0.847. The summed E-state index contributed by atoms with van der Waals surface area (Å²) in [5.41, 5.74) is 0.845. The summed E-state index contributed by atoms with van der Waals surface area (Å²) in [6.07, 6.45) is 0. The van der Waals surface area contributed by atoms with Gasteiger partial charge in [0.15, 0.2) is 28.6 Å². The third-order valence-corrected chi connectivity index (χ3v) is 4.54. The summed E-state index contributed by atoms with van der Waals surface area (Å²) < 4.78 is 26.0. The van der Waals surface area contributed by atoms with E-state index in [0.717, 1.165) is 0 Å². The van der Waals surface area contributed by atoms with Gasteiger partial charge in [0.1, 0.15) is 0 Å². The fraction of sp³-hybridized carbons (Fsp3) is 0.238. The average Bonchev–Trinajstić information content (AvgIpc) is 3.12. The number of hydrogen-bond acceptors (Lipinski definition) is 8. The number of rotatable bonds is 6. The first-order valence-corrected chi connectivity index (χ1v) is 8.55. The number of carbonyl (C=O) groups is 2. The van der Waals surface area contributed by atoms with E-state index in [1.54, 1.807) is 13.0 Å². The van der Waals surface area contributed by atoms with Crippen molar-refractivity contribution >= 4 is 22.7 Å². The van der Waals surface area contributed by atoms with Gasteiger partial charge in [0.05, 0.1) is 34.0 Å². The van der Waals surface area contributed by atoms with Crippen LogP contribution in [0.2, 0.25) is 0 Å². The van der Waals surface area contributed by atoms with Gasteiger partial charge in [-0.05, 0) is 36.8 Å². The van der Waals surface area contributed by atoms with Crippen LogP contribution >= 0.6 is 0 Å². The number of phenols is 1. The number of fused-ring (bicyclic) bond motifs is 1. The Morgan fingerprint density at radius 1 is 0.966 bits per heavy atom. The SMILES string of the molecule is COC(=O)c1oc2c(O)c(OC)ccc2c1C(=O)c1cc(C)c(OC)c(OC)c1. The van der Waals surface area contributed by atoms with Crippen molar-refractivity contribution in [1.82, 2.24) is 0 Å². The number of hydrogen-bond donors (Lipinski definition) is 1. The second kappa shape index (κ2) is 7.75. The molecule has 3 rings (SSSR count). The van der Waals surface area contributed by atoms with Crippen LogP contribution in [-0.2, 0) is 4.74 Å². The fourth-order valence-electron chi connectivity index (χ4n) is 3.19. The molecule has 2 aromatic carbocycles. The van der Waals surface area contributed by atoms with Crippen LogP contribution in [0.25, 0.3) is 11.0 Å². The third kappa shape index (κ3) is 3.22. The Morgan fingerprint density at radius 2 is 1.66 bits per heavy atom. The number of ether oxygens (including phenoxy) is 4. The molecule has 1 N–H and O–H groups in total. The molecule has 1 aromatic heterocycles.